The fraction of sp³-hybridized carbons (Fsp3) is 0.385. The first-order valence-electron chi connectivity index (χ1n) is 4.99. The molecule has 2 nitrogen and oxygen atoms in total. The zero-order valence-corrected chi connectivity index (χ0v) is 9.28. The quantitative estimate of drug-likeness (QED) is 0.732. The summed E-state index contributed by atoms with van der Waals surface area (Å²) in [7, 11) is 0. The molecular formula is C13H14N2. The Balaban J connectivity index is 3.19. The standard InChI is InChI=1S/C13H14N2/c1-9-4-12(10(2)7-14)6-13(5-9)11(3)8-15/h4-6,10-11H,1-3H3. The summed E-state index contributed by atoms with van der Waals surface area (Å²) in [5.74, 6) is -0.232. The van der Waals surface area contributed by atoms with Crippen molar-refractivity contribution in [3.63, 3.8) is 0 Å². The highest BCUT2D eigenvalue weighted by Crippen LogP contribution is 2.22. The topological polar surface area (TPSA) is 47.6 Å². The second kappa shape index (κ2) is 4.62. The van der Waals surface area contributed by atoms with Crippen molar-refractivity contribution in [2.24, 2.45) is 0 Å². The van der Waals surface area contributed by atoms with Crippen LogP contribution in [0.5, 0.6) is 0 Å². The maximum Gasteiger partial charge on any atom is 0.0700 e. The van der Waals surface area contributed by atoms with Crippen LogP contribution in [0.3, 0.4) is 0 Å². The Morgan fingerprint density at radius 2 is 1.33 bits per heavy atom. The van der Waals surface area contributed by atoms with Gasteiger partial charge in [-0.1, -0.05) is 23.8 Å². The van der Waals surface area contributed by atoms with Crippen LogP contribution in [0.4, 0.5) is 0 Å². The Bertz CT molecular complexity index is 397. The van der Waals surface area contributed by atoms with E-state index in [0.717, 1.165) is 16.7 Å². The Labute approximate surface area is 90.8 Å². The van der Waals surface area contributed by atoms with Crippen molar-refractivity contribution in [1.82, 2.24) is 0 Å². The summed E-state index contributed by atoms with van der Waals surface area (Å²) < 4.78 is 0. The van der Waals surface area contributed by atoms with Crippen LogP contribution in [0.15, 0.2) is 18.2 Å². The molecule has 0 saturated heterocycles. The molecule has 0 radical (unpaired) electrons. The second-order valence-corrected chi connectivity index (χ2v) is 3.88. The fourth-order valence-corrected chi connectivity index (χ4v) is 1.49. The van der Waals surface area contributed by atoms with Gasteiger partial charge in [-0.15, -0.1) is 0 Å². The van der Waals surface area contributed by atoms with Crippen molar-refractivity contribution >= 4 is 0 Å². The molecule has 2 atom stereocenters. The van der Waals surface area contributed by atoms with E-state index in [1.165, 1.54) is 0 Å². The van der Waals surface area contributed by atoms with Crippen LogP contribution in [0.25, 0.3) is 0 Å². The molecule has 0 spiro atoms. The van der Waals surface area contributed by atoms with Crippen LogP contribution >= 0.6 is 0 Å². The number of hydrogen-bond acceptors (Lipinski definition) is 2. The first kappa shape index (κ1) is 11.3. The van der Waals surface area contributed by atoms with Gasteiger partial charge in [-0.05, 0) is 31.9 Å². The van der Waals surface area contributed by atoms with Gasteiger partial charge in [-0.3, -0.25) is 0 Å². The summed E-state index contributed by atoms with van der Waals surface area (Å²) in [6.07, 6.45) is 0. The molecule has 0 fully saturated rings. The van der Waals surface area contributed by atoms with Gasteiger partial charge in [-0.2, -0.15) is 10.5 Å². The first-order valence-corrected chi connectivity index (χ1v) is 4.99. The van der Waals surface area contributed by atoms with Crippen LogP contribution in [-0.4, -0.2) is 0 Å². The zero-order valence-electron chi connectivity index (χ0n) is 9.28. The van der Waals surface area contributed by atoms with E-state index in [9.17, 15) is 0 Å². The van der Waals surface area contributed by atoms with Crippen molar-refractivity contribution < 1.29 is 0 Å². The molecule has 1 aromatic rings. The highest BCUT2D eigenvalue weighted by molar-refractivity contribution is 5.37. The molecule has 0 heterocycles. The van der Waals surface area contributed by atoms with Crippen LogP contribution < -0.4 is 0 Å². The van der Waals surface area contributed by atoms with Crippen molar-refractivity contribution in [3.05, 3.63) is 34.9 Å². The van der Waals surface area contributed by atoms with E-state index in [0.29, 0.717) is 0 Å². The Morgan fingerprint density at radius 1 is 0.933 bits per heavy atom. The molecule has 76 valence electrons. The fourth-order valence-electron chi connectivity index (χ4n) is 1.49. The van der Waals surface area contributed by atoms with Crippen molar-refractivity contribution in [1.29, 1.82) is 10.5 Å². The Kier molecular flexibility index (Phi) is 3.47. The average molecular weight is 198 g/mol. The molecule has 0 bridgehead atoms. The van der Waals surface area contributed by atoms with Gasteiger partial charge in [0, 0.05) is 0 Å². The third kappa shape index (κ3) is 2.58. The lowest BCUT2D eigenvalue weighted by atomic mass is 9.93. The SMILES string of the molecule is Cc1cc(C(C)C#N)cc(C(C)C#N)c1. The van der Waals surface area contributed by atoms with Crippen molar-refractivity contribution in [2.45, 2.75) is 32.6 Å². The summed E-state index contributed by atoms with van der Waals surface area (Å²) in [4.78, 5) is 0. The monoisotopic (exact) mass is 198 g/mol. The minimum atomic E-state index is -0.116. The van der Waals surface area contributed by atoms with Gasteiger partial charge in [-0.25, -0.2) is 0 Å². The molecule has 0 aliphatic carbocycles. The summed E-state index contributed by atoms with van der Waals surface area (Å²) in [5.41, 5.74) is 3.09. The largest absolute Gasteiger partial charge is 0.198 e. The molecule has 0 aliphatic rings. The summed E-state index contributed by atoms with van der Waals surface area (Å²) in [5, 5.41) is 17.7. The second-order valence-electron chi connectivity index (χ2n) is 3.88. The molecule has 1 rings (SSSR count). The van der Waals surface area contributed by atoms with E-state index in [-0.39, 0.29) is 11.8 Å². The predicted octanol–water partition coefficient (Wildman–Crippen LogP) is 3.25. The lowest BCUT2D eigenvalue weighted by molar-refractivity contribution is 0.937. The molecule has 2 unspecified atom stereocenters. The number of hydrogen-bond donors (Lipinski definition) is 0. The van der Waals surface area contributed by atoms with E-state index < -0.39 is 0 Å². The lowest BCUT2D eigenvalue weighted by Gasteiger charge is -2.09. The number of nitrogens with zero attached hydrogens (tertiary/aromatic N) is 2. The third-order valence-electron chi connectivity index (χ3n) is 2.51. The van der Waals surface area contributed by atoms with E-state index in [4.69, 9.17) is 10.5 Å². The smallest absolute Gasteiger partial charge is 0.0700 e. The van der Waals surface area contributed by atoms with Gasteiger partial charge in [0.05, 0.1) is 24.0 Å². The van der Waals surface area contributed by atoms with E-state index in [1.807, 2.05) is 39.0 Å². The molecule has 0 aliphatic heterocycles. The predicted molar refractivity (Wildman–Crippen MR) is 59.2 cm³/mol. The molecule has 0 aromatic heterocycles. The summed E-state index contributed by atoms with van der Waals surface area (Å²) in [6, 6.07) is 10.4. The minimum Gasteiger partial charge on any atom is -0.198 e. The van der Waals surface area contributed by atoms with Gasteiger partial charge in [0.1, 0.15) is 0 Å². The van der Waals surface area contributed by atoms with E-state index in [1.54, 1.807) is 0 Å². The van der Waals surface area contributed by atoms with E-state index >= 15 is 0 Å². The normalized spacial score (nSPS) is 13.7. The number of benzene rings is 1. The van der Waals surface area contributed by atoms with Gasteiger partial charge < -0.3 is 0 Å². The highest BCUT2D eigenvalue weighted by Gasteiger charge is 2.09. The van der Waals surface area contributed by atoms with Crippen LogP contribution in [0.1, 0.15) is 42.4 Å². The van der Waals surface area contributed by atoms with Crippen molar-refractivity contribution in [3.8, 4) is 12.1 Å². The molecular weight excluding hydrogens is 184 g/mol. The molecule has 15 heavy (non-hydrogen) atoms. The Hall–Kier alpha value is -1.80. The maximum absolute atomic E-state index is 8.85. The summed E-state index contributed by atoms with van der Waals surface area (Å²) >= 11 is 0. The van der Waals surface area contributed by atoms with Gasteiger partial charge in [0.25, 0.3) is 0 Å². The third-order valence-corrected chi connectivity index (χ3v) is 2.51. The van der Waals surface area contributed by atoms with Gasteiger partial charge >= 0.3 is 0 Å². The Morgan fingerprint density at radius 3 is 1.67 bits per heavy atom. The molecule has 1 aromatic carbocycles. The van der Waals surface area contributed by atoms with Crippen LogP contribution in [-0.2, 0) is 0 Å². The first-order chi connectivity index (χ1) is 7.08. The van der Waals surface area contributed by atoms with Crippen LogP contribution in [0, 0.1) is 29.6 Å². The number of aryl methyl sites for hydroxylation is 1. The average Bonchev–Trinajstić information content (AvgIpc) is 2.26. The number of rotatable bonds is 2. The van der Waals surface area contributed by atoms with Gasteiger partial charge in [0.2, 0.25) is 0 Å². The maximum atomic E-state index is 8.85. The molecule has 0 amide bonds. The molecule has 0 N–H and O–H groups in total. The van der Waals surface area contributed by atoms with E-state index in [2.05, 4.69) is 12.1 Å². The summed E-state index contributed by atoms with van der Waals surface area (Å²) in [6.45, 7) is 5.73. The zero-order chi connectivity index (χ0) is 11.4. The number of nitriles is 2. The molecule has 2 heteroatoms. The minimum absolute atomic E-state index is 0.116. The van der Waals surface area contributed by atoms with Gasteiger partial charge in [0.15, 0.2) is 0 Å². The van der Waals surface area contributed by atoms with Crippen molar-refractivity contribution in [2.75, 3.05) is 0 Å². The molecule has 0 saturated carbocycles. The highest BCUT2D eigenvalue weighted by atomic mass is 14.3. The lowest BCUT2D eigenvalue weighted by Crippen LogP contribution is -1.96. The van der Waals surface area contributed by atoms with Crippen LogP contribution in [0.2, 0.25) is 0 Å².